The van der Waals surface area contributed by atoms with E-state index in [1.165, 1.54) is 128 Å². The van der Waals surface area contributed by atoms with Crippen molar-refractivity contribution in [3.63, 3.8) is 0 Å². The van der Waals surface area contributed by atoms with E-state index in [1.54, 1.807) is 0 Å². The fraction of sp³-hybridized carbons (Fsp3) is 1.00. The van der Waals surface area contributed by atoms with Gasteiger partial charge in [0.2, 0.25) is 16.8 Å². The molecule has 0 radical (unpaired) electrons. The summed E-state index contributed by atoms with van der Waals surface area (Å²) in [5.74, 6) is 0. The predicted molar refractivity (Wildman–Crippen MR) is 155 cm³/mol. The third-order valence-electron chi connectivity index (χ3n) is 8.29. The topological polar surface area (TPSA) is 0 Å². The summed E-state index contributed by atoms with van der Waals surface area (Å²) in [7, 11) is -4.85. The SMILES string of the molecule is C[Si]1(F)CCCCCCCCCCCCCC[Si](C)(F)CCCCCCCCCCCCCC1. The predicted octanol–water partition coefficient (Wildman–Crippen LogP) is 12.5. The van der Waals surface area contributed by atoms with Gasteiger partial charge in [0.05, 0.1) is 0 Å². The van der Waals surface area contributed by atoms with Crippen LogP contribution in [0.5, 0.6) is 0 Å². The fourth-order valence-electron chi connectivity index (χ4n) is 5.76. The Morgan fingerprint density at radius 2 is 0.382 bits per heavy atom. The maximum Gasteiger partial charge on any atom is 0.244 e. The van der Waals surface area contributed by atoms with Crippen LogP contribution in [0.2, 0.25) is 37.3 Å². The van der Waals surface area contributed by atoms with Gasteiger partial charge in [-0.2, -0.15) is 0 Å². The number of halogens is 2. The first kappa shape index (κ1) is 32.3. The molecule has 1 aliphatic heterocycles. The number of hydrogen-bond acceptors (Lipinski definition) is 0. The van der Waals surface area contributed by atoms with Crippen molar-refractivity contribution >= 4 is 16.8 Å². The molecule has 0 saturated carbocycles. The average Bonchev–Trinajstić information content (AvgIpc) is 2.78. The van der Waals surface area contributed by atoms with Gasteiger partial charge in [0.1, 0.15) is 0 Å². The highest BCUT2D eigenvalue weighted by Gasteiger charge is 2.26. The molecule has 0 aromatic carbocycles. The Bertz CT molecular complexity index is 364. The second kappa shape index (κ2) is 21.4. The van der Waals surface area contributed by atoms with Gasteiger partial charge in [-0.15, -0.1) is 0 Å². The standard InChI is InChI=1S/C30H62F2Si2/c1-33(31)27-23-19-15-11-7-3-5-9-13-17-21-25-29-34(2,32)30-26-22-18-14-10-6-4-8-12-16-20-24-28-33/h3-30H2,1-2H3. The summed E-state index contributed by atoms with van der Waals surface area (Å²) >= 11 is 0. The minimum atomic E-state index is -2.42. The summed E-state index contributed by atoms with van der Waals surface area (Å²) in [5, 5.41) is 0. The lowest BCUT2D eigenvalue weighted by Gasteiger charge is -2.17. The van der Waals surface area contributed by atoms with Crippen molar-refractivity contribution in [1.82, 2.24) is 0 Å². The quantitative estimate of drug-likeness (QED) is 0.222. The van der Waals surface area contributed by atoms with Crippen molar-refractivity contribution in [3.05, 3.63) is 0 Å². The van der Waals surface area contributed by atoms with Crippen LogP contribution in [0, 0.1) is 0 Å². The maximum atomic E-state index is 14.9. The van der Waals surface area contributed by atoms with Crippen molar-refractivity contribution in [2.24, 2.45) is 0 Å². The first-order chi connectivity index (χ1) is 16.4. The molecule has 0 nitrogen and oxygen atoms in total. The zero-order chi connectivity index (χ0) is 24.8. The van der Waals surface area contributed by atoms with Crippen molar-refractivity contribution < 1.29 is 8.22 Å². The van der Waals surface area contributed by atoms with E-state index in [1.807, 2.05) is 13.1 Å². The minimum absolute atomic E-state index is 0.900. The molecule has 1 rings (SSSR count). The minimum Gasteiger partial charge on any atom is -0.314 e. The molecule has 1 heterocycles. The van der Waals surface area contributed by atoms with Gasteiger partial charge >= 0.3 is 0 Å². The van der Waals surface area contributed by atoms with Crippen molar-refractivity contribution in [3.8, 4) is 0 Å². The van der Waals surface area contributed by atoms with Gasteiger partial charge in [0.25, 0.3) is 0 Å². The van der Waals surface area contributed by atoms with Gasteiger partial charge in [-0.05, 0) is 37.3 Å². The van der Waals surface area contributed by atoms with Gasteiger partial charge in [0, 0.05) is 0 Å². The fourth-order valence-corrected chi connectivity index (χ4v) is 10.2. The van der Waals surface area contributed by atoms with Gasteiger partial charge in [-0.25, -0.2) is 0 Å². The lowest BCUT2D eigenvalue weighted by atomic mass is 10.1. The van der Waals surface area contributed by atoms with Crippen LogP contribution in [-0.4, -0.2) is 16.8 Å². The van der Waals surface area contributed by atoms with E-state index in [-0.39, 0.29) is 0 Å². The van der Waals surface area contributed by atoms with Crippen LogP contribution in [0.15, 0.2) is 0 Å². The smallest absolute Gasteiger partial charge is 0.244 e. The molecular weight excluding hydrogens is 454 g/mol. The first-order valence-electron chi connectivity index (χ1n) is 15.8. The lowest BCUT2D eigenvalue weighted by Crippen LogP contribution is -2.22. The third-order valence-corrected chi connectivity index (χ3v) is 13.9. The van der Waals surface area contributed by atoms with E-state index in [2.05, 4.69) is 0 Å². The molecule has 34 heavy (non-hydrogen) atoms. The van der Waals surface area contributed by atoms with Crippen LogP contribution in [0.25, 0.3) is 0 Å². The summed E-state index contributed by atoms with van der Waals surface area (Å²) in [6, 6.07) is 3.60. The molecule has 204 valence electrons. The van der Waals surface area contributed by atoms with Gasteiger partial charge in [-0.1, -0.05) is 154 Å². The molecule has 0 spiro atoms. The summed E-state index contributed by atoms with van der Waals surface area (Å²) in [6.07, 6.45) is 30.9. The normalized spacial score (nSPS) is 31.4. The Labute approximate surface area is 216 Å². The molecule has 0 amide bonds. The summed E-state index contributed by atoms with van der Waals surface area (Å²) in [5.41, 5.74) is 0. The van der Waals surface area contributed by atoms with Crippen LogP contribution in [-0.2, 0) is 0 Å². The van der Waals surface area contributed by atoms with Gasteiger partial charge < -0.3 is 8.22 Å². The molecule has 0 aromatic heterocycles. The molecule has 1 fully saturated rings. The zero-order valence-electron chi connectivity index (χ0n) is 23.6. The van der Waals surface area contributed by atoms with E-state index in [9.17, 15) is 8.22 Å². The Morgan fingerprint density at radius 1 is 0.265 bits per heavy atom. The number of rotatable bonds is 0. The second-order valence-corrected chi connectivity index (χ2v) is 20.0. The van der Waals surface area contributed by atoms with E-state index in [0.29, 0.717) is 0 Å². The highest BCUT2D eigenvalue weighted by atomic mass is 28.4. The lowest BCUT2D eigenvalue weighted by molar-refractivity contribution is 0.539. The molecule has 0 atom stereocenters. The Hall–Kier alpha value is 0.294. The first-order valence-corrected chi connectivity index (χ1v) is 21.4. The zero-order valence-corrected chi connectivity index (χ0v) is 25.6. The number of hydrogen-bond donors (Lipinski definition) is 0. The summed E-state index contributed by atoms with van der Waals surface area (Å²) < 4.78 is 29.8. The maximum absolute atomic E-state index is 14.9. The summed E-state index contributed by atoms with van der Waals surface area (Å²) in [4.78, 5) is 0. The van der Waals surface area contributed by atoms with Crippen LogP contribution < -0.4 is 0 Å². The monoisotopic (exact) mass is 516 g/mol. The van der Waals surface area contributed by atoms with E-state index in [4.69, 9.17) is 0 Å². The summed E-state index contributed by atoms with van der Waals surface area (Å²) in [6.45, 7) is 3.96. The third kappa shape index (κ3) is 21.6. The van der Waals surface area contributed by atoms with Crippen LogP contribution in [0.1, 0.15) is 154 Å². The second-order valence-electron chi connectivity index (χ2n) is 12.3. The van der Waals surface area contributed by atoms with E-state index < -0.39 is 16.8 Å². The van der Waals surface area contributed by atoms with Crippen LogP contribution in [0.4, 0.5) is 8.22 Å². The van der Waals surface area contributed by atoms with Crippen LogP contribution >= 0.6 is 0 Å². The Kier molecular flexibility index (Phi) is 20.3. The van der Waals surface area contributed by atoms with Crippen molar-refractivity contribution in [2.45, 2.75) is 191 Å². The van der Waals surface area contributed by atoms with Crippen molar-refractivity contribution in [2.75, 3.05) is 0 Å². The molecule has 0 aromatic rings. The van der Waals surface area contributed by atoms with Gasteiger partial charge in [0.15, 0.2) is 0 Å². The molecule has 1 saturated heterocycles. The Morgan fingerprint density at radius 3 is 0.529 bits per heavy atom. The molecular formula is C30H62F2Si2. The van der Waals surface area contributed by atoms with E-state index in [0.717, 1.165) is 49.9 Å². The molecule has 0 bridgehead atoms. The Balaban J connectivity index is 2.22. The van der Waals surface area contributed by atoms with Crippen molar-refractivity contribution in [1.29, 1.82) is 0 Å². The highest BCUT2D eigenvalue weighted by Crippen LogP contribution is 2.26. The largest absolute Gasteiger partial charge is 0.314 e. The molecule has 0 unspecified atom stereocenters. The molecule has 1 aliphatic rings. The molecule has 4 heteroatoms. The molecule has 0 aliphatic carbocycles. The van der Waals surface area contributed by atoms with Crippen LogP contribution in [0.3, 0.4) is 0 Å². The van der Waals surface area contributed by atoms with E-state index >= 15 is 0 Å². The highest BCUT2D eigenvalue weighted by molar-refractivity contribution is 6.72. The average molecular weight is 517 g/mol. The van der Waals surface area contributed by atoms with Gasteiger partial charge in [-0.3, -0.25) is 0 Å². The molecule has 0 N–H and O–H groups in total.